The fourth-order valence-electron chi connectivity index (χ4n) is 5.53. The number of methoxy groups -OCH3 is 1. The second-order valence-corrected chi connectivity index (χ2v) is 9.46. The minimum absolute atomic E-state index is 0.0729. The number of halogens is 2. The second-order valence-electron chi connectivity index (χ2n) is 9.03. The molecule has 8 heteroatoms. The number of ether oxygens (including phenoxy) is 1. The number of benzene rings is 3. The Labute approximate surface area is 218 Å². The van der Waals surface area contributed by atoms with Gasteiger partial charge in [0.15, 0.2) is 0 Å². The number of imide groups is 1. The molecule has 0 spiro atoms. The zero-order chi connectivity index (χ0) is 26.3. The molecule has 2 amide bonds. The van der Waals surface area contributed by atoms with Crippen molar-refractivity contribution in [2.45, 2.75) is 17.8 Å². The molecule has 1 fully saturated rings. The second kappa shape index (κ2) is 9.41. The summed E-state index contributed by atoms with van der Waals surface area (Å²) in [7, 11) is 1.49. The molecule has 3 unspecified atom stereocenters. The van der Waals surface area contributed by atoms with Crippen LogP contribution in [-0.2, 0) is 15.0 Å². The first-order valence-electron chi connectivity index (χ1n) is 11.7. The maximum atomic E-state index is 14.5. The molecule has 2 N–H and O–H groups in total. The van der Waals surface area contributed by atoms with Crippen molar-refractivity contribution in [1.82, 2.24) is 5.01 Å². The van der Waals surface area contributed by atoms with Gasteiger partial charge in [-0.15, -0.1) is 0 Å². The Morgan fingerprint density at radius 2 is 1.84 bits per heavy atom. The average molecular weight is 519 g/mol. The number of phenolic OH excluding ortho intramolecular Hbond substituents is 1. The molecule has 3 aromatic carbocycles. The van der Waals surface area contributed by atoms with Gasteiger partial charge in [0.1, 0.15) is 17.3 Å². The Hall–Kier alpha value is -4.10. The van der Waals surface area contributed by atoms with E-state index in [1.807, 2.05) is 6.08 Å². The lowest BCUT2D eigenvalue weighted by Gasteiger charge is -2.43. The number of amides is 2. The van der Waals surface area contributed by atoms with Gasteiger partial charge in [0.05, 0.1) is 24.1 Å². The first-order chi connectivity index (χ1) is 17.8. The molecule has 188 valence electrons. The van der Waals surface area contributed by atoms with Crippen LogP contribution in [0.4, 0.5) is 10.1 Å². The summed E-state index contributed by atoms with van der Waals surface area (Å²) < 4.78 is 18.7. The number of hydrogen-bond acceptors (Lipinski definition) is 5. The van der Waals surface area contributed by atoms with Crippen molar-refractivity contribution in [2.24, 2.45) is 5.92 Å². The summed E-state index contributed by atoms with van der Waals surface area (Å²) in [6, 6.07) is 17.1. The van der Waals surface area contributed by atoms with E-state index >= 15 is 0 Å². The number of carbonyl (C=O) groups excluding carboxylic acids is 2. The molecular weight excluding hydrogens is 495 g/mol. The molecule has 2 aliphatic rings. The first kappa shape index (κ1) is 24.6. The van der Waals surface area contributed by atoms with Gasteiger partial charge in [-0.05, 0) is 60.0 Å². The Balaban J connectivity index is 1.74. The summed E-state index contributed by atoms with van der Waals surface area (Å²) in [5.74, 6) is -2.52. The third kappa shape index (κ3) is 3.86. The number of aromatic hydroxyl groups is 1. The smallest absolute Gasteiger partial charge is 0.260 e. The van der Waals surface area contributed by atoms with Gasteiger partial charge in [0.2, 0.25) is 0 Å². The number of fused-ring (bicyclic) bond motifs is 1. The first-order valence-corrected chi connectivity index (χ1v) is 12.0. The zero-order valence-electron chi connectivity index (χ0n) is 19.9. The summed E-state index contributed by atoms with van der Waals surface area (Å²) in [5, 5.41) is 12.5. The Bertz CT molecular complexity index is 1420. The molecule has 0 saturated carbocycles. The number of allylic oxidation sites excluding steroid dienone is 3. The van der Waals surface area contributed by atoms with E-state index in [4.69, 9.17) is 16.3 Å². The number of anilines is 1. The van der Waals surface area contributed by atoms with E-state index in [0.29, 0.717) is 33.2 Å². The number of nitrogens with zero attached hydrogens (tertiary/aromatic N) is 1. The van der Waals surface area contributed by atoms with E-state index < -0.39 is 34.9 Å². The van der Waals surface area contributed by atoms with Crippen molar-refractivity contribution in [2.75, 3.05) is 12.5 Å². The van der Waals surface area contributed by atoms with Crippen molar-refractivity contribution >= 4 is 29.1 Å². The van der Waals surface area contributed by atoms with Gasteiger partial charge >= 0.3 is 0 Å². The molecule has 1 aliphatic carbocycles. The summed E-state index contributed by atoms with van der Waals surface area (Å²) >= 11 is 6.19. The van der Waals surface area contributed by atoms with Crippen molar-refractivity contribution in [3.8, 4) is 11.5 Å². The molecule has 1 heterocycles. The van der Waals surface area contributed by atoms with Gasteiger partial charge in [-0.2, -0.15) is 5.01 Å². The monoisotopic (exact) mass is 518 g/mol. The maximum absolute atomic E-state index is 14.5. The Kier molecular flexibility index (Phi) is 6.25. The van der Waals surface area contributed by atoms with E-state index in [1.165, 1.54) is 37.4 Å². The Morgan fingerprint density at radius 3 is 2.46 bits per heavy atom. The fraction of sp³-hybridized carbons (Fsp3) is 0.172. The molecule has 3 aromatic rings. The van der Waals surface area contributed by atoms with E-state index in [-0.39, 0.29) is 12.2 Å². The van der Waals surface area contributed by atoms with Crippen LogP contribution in [0.2, 0.25) is 5.02 Å². The number of phenols is 1. The highest BCUT2D eigenvalue weighted by atomic mass is 35.5. The van der Waals surface area contributed by atoms with Crippen LogP contribution in [-0.4, -0.2) is 29.0 Å². The molecule has 6 nitrogen and oxygen atoms in total. The van der Waals surface area contributed by atoms with Gasteiger partial charge < -0.3 is 9.84 Å². The standard InChI is InChI=1S/C29H24ClFN2O4/c1-3-17-4-15-24-27(35)33(32-21-11-9-20(31)10-12-21)28(36)29(24,18-5-7-19(30)8-6-18)26(17)23-14-13-22(37-2)16-25(23)34/h3-14,16,24,26,32,34H,1,15H2,2H3. The quantitative estimate of drug-likeness (QED) is 0.407. The highest BCUT2D eigenvalue weighted by molar-refractivity contribution is 6.30. The van der Waals surface area contributed by atoms with E-state index in [1.54, 1.807) is 42.5 Å². The minimum atomic E-state index is -1.42. The number of rotatable bonds is 6. The highest BCUT2D eigenvalue weighted by Gasteiger charge is 2.66. The zero-order valence-corrected chi connectivity index (χ0v) is 20.7. The van der Waals surface area contributed by atoms with Crippen LogP contribution in [0.1, 0.15) is 23.5 Å². The van der Waals surface area contributed by atoms with Gasteiger partial charge in [0, 0.05) is 22.6 Å². The van der Waals surface area contributed by atoms with Gasteiger partial charge in [-0.3, -0.25) is 15.0 Å². The number of hydrazine groups is 1. The van der Waals surface area contributed by atoms with Crippen LogP contribution in [0.15, 0.2) is 91.0 Å². The van der Waals surface area contributed by atoms with E-state index in [2.05, 4.69) is 12.0 Å². The minimum Gasteiger partial charge on any atom is -0.508 e. The predicted molar refractivity (Wildman–Crippen MR) is 139 cm³/mol. The lowest BCUT2D eigenvalue weighted by atomic mass is 9.56. The molecular formula is C29H24ClFN2O4. The van der Waals surface area contributed by atoms with Gasteiger partial charge in [-0.1, -0.05) is 48.5 Å². The molecule has 0 bridgehead atoms. The van der Waals surface area contributed by atoms with Crippen molar-refractivity contribution in [3.05, 3.63) is 113 Å². The number of carbonyl (C=O) groups is 2. The lowest BCUT2D eigenvalue weighted by Crippen LogP contribution is -2.48. The largest absolute Gasteiger partial charge is 0.508 e. The average Bonchev–Trinajstić information content (AvgIpc) is 3.12. The topological polar surface area (TPSA) is 78.9 Å². The Morgan fingerprint density at radius 1 is 1.14 bits per heavy atom. The summed E-state index contributed by atoms with van der Waals surface area (Å²) in [6.45, 7) is 3.96. The molecule has 37 heavy (non-hydrogen) atoms. The van der Waals surface area contributed by atoms with Crippen molar-refractivity contribution in [1.29, 1.82) is 0 Å². The molecule has 0 radical (unpaired) electrons. The molecule has 3 atom stereocenters. The van der Waals surface area contributed by atoms with Crippen molar-refractivity contribution < 1.29 is 23.8 Å². The van der Waals surface area contributed by atoms with Crippen LogP contribution in [0.25, 0.3) is 0 Å². The number of nitrogens with one attached hydrogen (secondary N) is 1. The highest BCUT2D eigenvalue weighted by Crippen LogP contribution is 2.58. The van der Waals surface area contributed by atoms with Crippen molar-refractivity contribution in [3.63, 3.8) is 0 Å². The van der Waals surface area contributed by atoms with Gasteiger partial charge in [-0.25, -0.2) is 4.39 Å². The molecule has 1 aliphatic heterocycles. The summed E-state index contributed by atoms with van der Waals surface area (Å²) in [5.41, 5.74) is 3.58. The van der Waals surface area contributed by atoms with Crippen LogP contribution >= 0.6 is 11.6 Å². The number of hydrogen-bond donors (Lipinski definition) is 2. The fourth-order valence-corrected chi connectivity index (χ4v) is 5.65. The summed E-state index contributed by atoms with van der Waals surface area (Å²) in [4.78, 5) is 28.3. The third-order valence-corrected chi connectivity index (χ3v) is 7.45. The van der Waals surface area contributed by atoms with Crippen LogP contribution < -0.4 is 10.2 Å². The predicted octanol–water partition coefficient (Wildman–Crippen LogP) is 5.74. The van der Waals surface area contributed by atoms with Crippen LogP contribution in [0, 0.1) is 11.7 Å². The SMILES string of the molecule is C=CC1=CCC2C(=O)N(Nc3ccc(F)cc3)C(=O)C2(c2ccc(Cl)cc2)C1c1ccc(OC)cc1O. The van der Waals surface area contributed by atoms with E-state index in [0.717, 1.165) is 5.01 Å². The molecule has 0 aromatic heterocycles. The maximum Gasteiger partial charge on any atom is 0.260 e. The van der Waals surface area contributed by atoms with E-state index in [9.17, 15) is 19.1 Å². The summed E-state index contributed by atoms with van der Waals surface area (Å²) in [6.07, 6.45) is 3.81. The normalized spacial score (nSPS) is 22.9. The van der Waals surface area contributed by atoms with Crippen LogP contribution in [0.3, 0.4) is 0 Å². The molecule has 1 saturated heterocycles. The lowest BCUT2D eigenvalue weighted by molar-refractivity contribution is -0.138. The van der Waals surface area contributed by atoms with Gasteiger partial charge in [0.25, 0.3) is 11.8 Å². The van der Waals surface area contributed by atoms with Crippen LogP contribution in [0.5, 0.6) is 11.5 Å². The third-order valence-electron chi connectivity index (χ3n) is 7.19. The molecule has 5 rings (SSSR count).